The third-order valence-electron chi connectivity index (χ3n) is 4.10. The van der Waals surface area contributed by atoms with Crippen molar-refractivity contribution in [1.29, 1.82) is 0 Å². The first-order chi connectivity index (χ1) is 10.6. The van der Waals surface area contributed by atoms with Crippen LogP contribution >= 0.6 is 11.6 Å². The zero-order valence-corrected chi connectivity index (χ0v) is 13.0. The minimum absolute atomic E-state index is 0.00880. The second-order valence-corrected chi connectivity index (χ2v) is 6.09. The zero-order valence-electron chi connectivity index (χ0n) is 12.2. The van der Waals surface area contributed by atoms with Gasteiger partial charge < -0.3 is 10.6 Å². The third-order valence-corrected chi connectivity index (χ3v) is 4.30. The number of hydrogen-bond acceptors (Lipinski definition) is 3. The molecule has 1 fully saturated rings. The fourth-order valence-electron chi connectivity index (χ4n) is 2.91. The van der Waals surface area contributed by atoms with E-state index in [4.69, 9.17) is 17.3 Å². The summed E-state index contributed by atoms with van der Waals surface area (Å²) in [6, 6.07) is 10.1. The maximum atomic E-state index is 12.3. The van der Waals surface area contributed by atoms with Gasteiger partial charge in [0.2, 0.25) is 5.91 Å². The molecule has 0 bridgehead atoms. The minimum atomic E-state index is -0.00880. The molecule has 0 unspecified atom stereocenters. The van der Waals surface area contributed by atoms with Crippen molar-refractivity contribution in [1.82, 2.24) is 14.7 Å². The van der Waals surface area contributed by atoms with E-state index in [1.165, 1.54) is 5.56 Å². The average Bonchev–Trinajstić information content (AvgIpc) is 3.12. The Labute approximate surface area is 134 Å². The van der Waals surface area contributed by atoms with Crippen molar-refractivity contribution in [3.63, 3.8) is 0 Å². The molecule has 1 aromatic carbocycles. The van der Waals surface area contributed by atoms with Gasteiger partial charge in [-0.15, -0.1) is 0 Å². The number of nitrogens with zero attached hydrogens (tertiary/aromatic N) is 3. The molecule has 1 saturated heterocycles. The molecule has 2 aromatic rings. The van der Waals surface area contributed by atoms with Crippen molar-refractivity contribution in [2.75, 3.05) is 13.1 Å². The van der Waals surface area contributed by atoms with E-state index < -0.39 is 0 Å². The van der Waals surface area contributed by atoms with Crippen molar-refractivity contribution >= 4 is 17.5 Å². The third kappa shape index (κ3) is 3.31. The molecule has 0 aliphatic carbocycles. The van der Waals surface area contributed by atoms with Gasteiger partial charge in [-0.1, -0.05) is 41.9 Å². The minimum Gasteiger partial charge on any atom is -0.340 e. The van der Waals surface area contributed by atoms with Crippen molar-refractivity contribution < 1.29 is 4.79 Å². The van der Waals surface area contributed by atoms with Crippen LogP contribution in [-0.4, -0.2) is 39.7 Å². The van der Waals surface area contributed by atoms with Gasteiger partial charge in [-0.2, -0.15) is 5.10 Å². The van der Waals surface area contributed by atoms with E-state index in [1.54, 1.807) is 17.1 Å². The molecule has 1 aromatic heterocycles. The Balaban J connectivity index is 1.58. The smallest absolute Gasteiger partial charge is 0.224 e. The van der Waals surface area contributed by atoms with Gasteiger partial charge in [0, 0.05) is 44.2 Å². The van der Waals surface area contributed by atoms with Crippen molar-refractivity contribution in [2.45, 2.75) is 24.9 Å². The normalized spacial score (nSPS) is 21.3. The highest BCUT2D eigenvalue weighted by molar-refractivity contribution is 6.30. The summed E-state index contributed by atoms with van der Waals surface area (Å²) < 4.78 is 1.69. The van der Waals surface area contributed by atoms with Crippen LogP contribution in [-0.2, 0) is 11.3 Å². The van der Waals surface area contributed by atoms with Crippen LogP contribution < -0.4 is 5.73 Å². The van der Waals surface area contributed by atoms with Gasteiger partial charge in [-0.25, -0.2) is 0 Å². The first-order valence-electron chi connectivity index (χ1n) is 7.40. The van der Waals surface area contributed by atoms with Crippen LogP contribution in [0.5, 0.6) is 0 Å². The molecule has 1 amide bonds. The SMILES string of the molecule is N[C@@H]1CN(C(=O)CCn2cc(Cl)cn2)C[C@H]1c1ccccc1. The molecule has 2 atom stereocenters. The molecule has 5 nitrogen and oxygen atoms in total. The molecule has 0 spiro atoms. The van der Waals surface area contributed by atoms with Crippen molar-refractivity contribution in [3.8, 4) is 0 Å². The van der Waals surface area contributed by atoms with Crippen molar-refractivity contribution in [2.24, 2.45) is 5.73 Å². The number of rotatable bonds is 4. The number of nitrogens with two attached hydrogens (primary N) is 1. The largest absolute Gasteiger partial charge is 0.340 e. The predicted octanol–water partition coefficient (Wildman–Crippen LogP) is 1.88. The van der Waals surface area contributed by atoms with E-state index >= 15 is 0 Å². The highest BCUT2D eigenvalue weighted by Gasteiger charge is 2.33. The van der Waals surface area contributed by atoms with E-state index in [-0.39, 0.29) is 17.9 Å². The maximum absolute atomic E-state index is 12.3. The number of aromatic nitrogens is 2. The molecule has 0 radical (unpaired) electrons. The van der Waals surface area contributed by atoms with Crippen LogP contribution in [0.4, 0.5) is 0 Å². The highest BCUT2D eigenvalue weighted by atomic mass is 35.5. The zero-order chi connectivity index (χ0) is 15.5. The number of likely N-dealkylation sites (tertiary alicyclic amines) is 1. The molecule has 6 heteroatoms. The number of carbonyl (C=O) groups is 1. The Morgan fingerprint density at radius 3 is 2.77 bits per heavy atom. The Hall–Kier alpha value is -1.85. The van der Waals surface area contributed by atoms with Gasteiger partial charge >= 0.3 is 0 Å². The molecular weight excluding hydrogens is 300 g/mol. The number of halogens is 1. The van der Waals surface area contributed by atoms with Gasteiger partial charge in [0.25, 0.3) is 0 Å². The summed E-state index contributed by atoms with van der Waals surface area (Å²) in [5, 5.41) is 4.66. The standard InChI is InChI=1S/C16H19ClN4O/c17-13-8-19-21(9-13)7-6-16(22)20-10-14(15(18)11-20)12-4-2-1-3-5-12/h1-5,8-9,14-15H,6-7,10-11,18H2/t14-,15+/m0/s1. The number of amides is 1. The monoisotopic (exact) mass is 318 g/mol. The van der Waals surface area contributed by atoms with E-state index in [0.29, 0.717) is 31.1 Å². The summed E-state index contributed by atoms with van der Waals surface area (Å²) in [7, 11) is 0. The molecule has 116 valence electrons. The molecule has 22 heavy (non-hydrogen) atoms. The van der Waals surface area contributed by atoms with Crippen LogP contribution in [0.25, 0.3) is 0 Å². The van der Waals surface area contributed by atoms with E-state index in [2.05, 4.69) is 17.2 Å². The van der Waals surface area contributed by atoms with Crippen molar-refractivity contribution in [3.05, 3.63) is 53.3 Å². The lowest BCUT2D eigenvalue weighted by atomic mass is 9.95. The van der Waals surface area contributed by atoms with Crippen LogP contribution in [0.15, 0.2) is 42.7 Å². The second-order valence-electron chi connectivity index (χ2n) is 5.65. The summed E-state index contributed by atoms with van der Waals surface area (Å²) in [5.74, 6) is 0.324. The van der Waals surface area contributed by atoms with Gasteiger partial charge in [0.15, 0.2) is 0 Å². The average molecular weight is 319 g/mol. The summed E-state index contributed by atoms with van der Waals surface area (Å²) in [5.41, 5.74) is 7.42. The molecule has 3 rings (SSSR count). The number of hydrogen-bond donors (Lipinski definition) is 1. The van der Waals surface area contributed by atoms with Crippen LogP contribution in [0, 0.1) is 0 Å². The lowest BCUT2D eigenvalue weighted by Gasteiger charge is -2.16. The van der Waals surface area contributed by atoms with Crippen LogP contribution in [0.3, 0.4) is 0 Å². The molecule has 2 N–H and O–H groups in total. The Bertz CT molecular complexity index is 643. The second kappa shape index (κ2) is 6.50. The lowest BCUT2D eigenvalue weighted by molar-refractivity contribution is -0.130. The van der Waals surface area contributed by atoms with Gasteiger partial charge in [0.05, 0.1) is 11.2 Å². The fourth-order valence-corrected chi connectivity index (χ4v) is 3.07. The molecule has 0 saturated carbocycles. The topological polar surface area (TPSA) is 64.2 Å². The molecule has 2 heterocycles. The summed E-state index contributed by atoms with van der Waals surface area (Å²) in [6.45, 7) is 1.83. The summed E-state index contributed by atoms with van der Waals surface area (Å²) in [6.07, 6.45) is 3.70. The van der Waals surface area contributed by atoms with E-state index in [9.17, 15) is 4.79 Å². The van der Waals surface area contributed by atoms with Gasteiger partial charge in [-0.05, 0) is 5.56 Å². The molecule has 1 aliphatic heterocycles. The maximum Gasteiger partial charge on any atom is 0.224 e. The van der Waals surface area contributed by atoms with E-state index in [0.717, 1.165) is 0 Å². The quantitative estimate of drug-likeness (QED) is 0.936. The van der Waals surface area contributed by atoms with Crippen LogP contribution in [0.1, 0.15) is 17.9 Å². The Morgan fingerprint density at radius 2 is 2.09 bits per heavy atom. The number of aryl methyl sites for hydroxylation is 1. The lowest BCUT2D eigenvalue weighted by Crippen LogP contribution is -2.32. The summed E-state index contributed by atoms with van der Waals surface area (Å²) in [4.78, 5) is 14.2. The highest BCUT2D eigenvalue weighted by Crippen LogP contribution is 2.26. The Kier molecular flexibility index (Phi) is 4.45. The molecule has 1 aliphatic rings. The number of carbonyl (C=O) groups excluding carboxylic acids is 1. The molecular formula is C16H19ClN4O. The number of benzene rings is 1. The predicted molar refractivity (Wildman–Crippen MR) is 85.6 cm³/mol. The first-order valence-corrected chi connectivity index (χ1v) is 7.77. The van der Waals surface area contributed by atoms with Gasteiger partial charge in [-0.3, -0.25) is 9.48 Å². The first kappa shape index (κ1) is 15.1. The summed E-state index contributed by atoms with van der Waals surface area (Å²) >= 11 is 5.81. The van der Waals surface area contributed by atoms with E-state index in [1.807, 2.05) is 23.1 Å². The Morgan fingerprint density at radius 1 is 1.32 bits per heavy atom. The van der Waals surface area contributed by atoms with Gasteiger partial charge in [0.1, 0.15) is 0 Å². The van der Waals surface area contributed by atoms with Crippen LogP contribution in [0.2, 0.25) is 5.02 Å². The fraction of sp³-hybridized carbons (Fsp3) is 0.375.